The number of halogens is 3. The van der Waals surface area contributed by atoms with E-state index < -0.39 is 11.7 Å². The largest absolute Gasteiger partial charge is 0.496 e. The fourth-order valence-electron chi connectivity index (χ4n) is 5.28. The van der Waals surface area contributed by atoms with Crippen molar-refractivity contribution in [2.75, 3.05) is 7.11 Å². The maximum absolute atomic E-state index is 13.3. The first kappa shape index (κ1) is 26.7. The number of ether oxygens (including phenoxy) is 1. The van der Waals surface area contributed by atoms with Gasteiger partial charge >= 0.3 is 6.18 Å². The maximum Gasteiger partial charge on any atom is 0.416 e. The molecule has 1 aliphatic carbocycles. The molecule has 0 atom stereocenters. The topological polar surface area (TPSA) is 65.7 Å². The molecule has 11 heteroatoms. The van der Waals surface area contributed by atoms with E-state index in [1.807, 2.05) is 59.2 Å². The van der Waals surface area contributed by atoms with Crippen LogP contribution in [0.25, 0.3) is 38.5 Å². The monoisotopic (exact) mass is 601 g/mol. The van der Waals surface area contributed by atoms with E-state index in [4.69, 9.17) is 14.7 Å². The summed E-state index contributed by atoms with van der Waals surface area (Å²) in [4.78, 5) is 11.9. The van der Waals surface area contributed by atoms with E-state index in [0.717, 1.165) is 52.9 Å². The molecule has 0 unspecified atom stereocenters. The van der Waals surface area contributed by atoms with E-state index in [0.29, 0.717) is 33.1 Å². The number of hydrogen-bond acceptors (Lipinski definition) is 7. The second kappa shape index (κ2) is 10.6. The van der Waals surface area contributed by atoms with Crippen LogP contribution in [-0.4, -0.2) is 31.8 Å². The van der Waals surface area contributed by atoms with E-state index in [2.05, 4.69) is 10.2 Å². The third-order valence-electron chi connectivity index (χ3n) is 7.21. The summed E-state index contributed by atoms with van der Waals surface area (Å²) in [6.45, 7) is 0. The molecule has 42 heavy (non-hydrogen) atoms. The van der Waals surface area contributed by atoms with Crippen LogP contribution in [0.3, 0.4) is 0 Å². The third-order valence-corrected chi connectivity index (χ3v) is 9.21. The van der Waals surface area contributed by atoms with Gasteiger partial charge in [0.1, 0.15) is 10.6 Å². The molecule has 0 aliphatic heterocycles. The van der Waals surface area contributed by atoms with Crippen LogP contribution < -0.4 is 4.74 Å². The van der Waals surface area contributed by atoms with Crippen LogP contribution in [-0.2, 0) is 19.0 Å². The Morgan fingerprint density at radius 3 is 2.40 bits per heavy atom. The molecule has 0 spiro atoms. The first-order valence-electron chi connectivity index (χ1n) is 13.2. The fourth-order valence-corrected chi connectivity index (χ4v) is 7.40. The van der Waals surface area contributed by atoms with Crippen molar-refractivity contribution in [2.24, 2.45) is 0 Å². The highest BCUT2D eigenvalue weighted by Crippen LogP contribution is 2.43. The van der Waals surface area contributed by atoms with Gasteiger partial charge in [-0.05, 0) is 73.0 Å². The van der Waals surface area contributed by atoms with Crippen LogP contribution in [0.15, 0.2) is 89.2 Å². The molecular formula is C31H22F3N5OS2. The SMILES string of the molecule is COc1ccccc1-c1nnc(Sc2nc(-c3ccc(C(F)(F)F)cc3)c3c4c(sc3n2)CCC4)n1-c1ccccc1. The van der Waals surface area contributed by atoms with Crippen molar-refractivity contribution in [3.05, 3.63) is 94.9 Å². The summed E-state index contributed by atoms with van der Waals surface area (Å²) in [5, 5.41) is 11.0. The summed E-state index contributed by atoms with van der Waals surface area (Å²) < 4.78 is 47.5. The number of alkyl halides is 3. The highest BCUT2D eigenvalue weighted by atomic mass is 32.2. The molecule has 0 radical (unpaired) electrons. The van der Waals surface area contributed by atoms with Gasteiger partial charge in [0.15, 0.2) is 11.0 Å². The lowest BCUT2D eigenvalue weighted by Gasteiger charge is -2.13. The zero-order valence-corrected chi connectivity index (χ0v) is 23.9. The predicted octanol–water partition coefficient (Wildman–Crippen LogP) is 8.27. The number of methoxy groups -OCH3 is 1. The van der Waals surface area contributed by atoms with Crippen molar-refractivity contribution >= 4 is 33.3 Å². The number of rotatable bonds is 6. The van der Waals surface area contributed by atoms with Gasteiger partial charge in [-0.25, -0.2) is 9.97 Å². The molecule has 3 heterocycles. The Kier molecular flexibility index (Phi) is 6.70. The average molecular weight is 602 g/mol. The number of fused-ring (bicyclic) bond motifs is 3. The molecule has 0 amide bonds. The minimum absolute atomic E-state index is 0.438. The van der Waals surface area contributed by atoms with Gasteiger partial charge in [-0.1, -0.05) is 42.5 Å². The summed E-state index contributed by atoms with van der Waals surface area (Å²) in [6, 6.07) is 22.5. The van der Waals surface area contributed by atoms with Crippen molar-refractivity contribution in [3.8, 4) is 34.1 Å². The Morgan fingerprint density at radius 1 is 0.881 bits per heavy atom. The Bertz CT molecular complexity index is 1920. The van der Waals surface area contributed by atoms with Gasteiger partial charge in [0.05, 0.1) is 23.9 Å². The predicted molar refractivity (Wildman–Crippen MR) is 157 cm³/mol. The van der Waals surface area contributed by atoms with Gasteiger partial charge in [-0.15, -0.1) is 21.5 Å². The molecular weight excluding hydrogens is 580 g/mol. The lowest BCUT2D eigenvalue weighted by Crippen LogP contribution is -2.04. The Labute approximate surface area is 247 Å². The smallest absolute Gasteiger partial charge is 0.416 e. The summed E-state index contributed by atoms with van der Waals surface area (Å²) in [7, 11) is 1.61. The zero-order valence-electron chi connectivity index (χ0n) is 22.2. The van der Waals surface area contributed by atoms with Gasteiger partial charge in [0.25, 0.3) is 0 Å². The van der Waals surface area contributed by atoms with Gasteiger partial charge in [-0.2, -0.15) is 13.2 Å². The molecule has 0 saturated heterocycles. The third kappa shape index (κ3) is 4.72. The molecule has 0 fully saturated rings. The quantitative estimate of drug-likeness (QED) is 0.179. The minimum Gasteiger partial charge on any atom is -0.496 e. The van der Waals surface area contributed by atoms with Crippen molar-refractivity contribution in [1.29, 1.82) is 0 Å². The first-order valence-corrected chi connectivity index (χ1v) is 14.9. The molecule has 210 valence electrons. The molecule has 6 nitrogen and oxygen atoms in total. The number of para-hydroxylation sites is 2. The molecule has 1 aliphatic rings. The number of aromatic nitrogens is 5. The van der Waals surface area contributed by atoms with Crippen molar-refractivity contribution in [2.45, 2.75) is 35.8 Å². The average Bonchev–Trinajstić information content (AvgIpc) is 3.72. The van der Waals surface area contributed by atoms with Gasteiger partial charge in [-0.3, -0.25) is 4.57 Å². The fraction of sp³-hybridized carbons (Fsp3) is 0.161. The molecule has 6 aromatic rings. The number of aryl methyl sites for hydroxylation is 2. The molecule has 7 rings (SSSR count). The lowest BCUT2D eigenvalue weighted by molar-refractivity contribution is -0.137. The molecule has 0 N–H and O–H groups in total. The molecule has 0 saturated carbocycles. The summed E-state index contributed by atoms with van der Waals surface area (Å²) >= 11 is 2.89. The van der Waals surface area contributed by atoms with E-state index >= 15 is 0 Å². The summed E-state index contributed by atoms with van der Waals surface area (Å²) in [6.07, 6.45) is -1.49. The van der Waals surface area contributed by atoms with E-state index in [9.17, 15) is 13.2 Å². The van der Waals surface area contributed by atoms with Gasteiger partial charge < -0.3 is 4.74 Å². The number of thiophene rings is 1. The van der Waals surface area contributed by atoms with Crippen LogP contribution in [0.5, 0.6) is 5.75 Å². The van der Waals surface area contributed by atoms with Gasteiger partial charge in [0, 0.05) is 21.5 Å². The summed E-state index contributed by atoms with van der Waals surface area (Å²) in [5.74, 6) is 1.26. The highest BCUT2D eigenvalue weighted by molar-refractivity contribution is 7.99. The van der Waals surface area contributed by atoms with E-state index in [-0.39, 0.29) is 0 Å². The molecule has 3 aromatic carbocycles. The zero-order chi connectivity index (χ0) is 28.8. The van der Waals surface area contributed by atoms with Crippen molar-refractivity contribution in [3.63, 3.8) is 0 Å². The van der Waals surface area contributed by atoms with Crippen LogP contribution in [0.4, 0.5) is 13.2 Å². The van der Waals surface area contributed by atoms with Crippen LogP contribution in [0.2, 0.25) is 0 Å². The normalized spacial score (nSPS) is 13.0. The lowest BCUT2D eigenvalue weighted by atomic mass is 10.0. The minimum atomic E-state index is -4.41. The van der Waals surface area contributed by atoms with E-state index in [1.54, 1.807) is 18.4 Å². The Balaban J connectivity index is 1.37. The second-order valence-electron chi connectivity index (χ2n) is 9.75. The maximum atomic E-state index is 13.3. The van der Waals surface area contributed by atoms with Crippen molar-refractivity contribution in [1.82, 2.24) is 24.7 Å². The first-order chi connectivity index (χ1) is 20.4. The highest BCUT2D eigenvalue weighted by Gasteiger charge is 2.31. The van der Waals surface area contributed by atoms with E-state index in [1.165, 1.54) is 34.3 Å². The number of hydrogen-bond donors (Lipinski definition) is 0. The standard InChI is InChI=1S/C31H22F3N5OS2/c1-40-23-12-6-5-10-21(23)27-37-38-30(39(27)20-8-3-2-4-9-20)42-29-35-26(18-14-16-19(17-15-18)31(32,33)34)25-22-11-7-13-24(22)41-28(25)36-29/h2-6,8-10,12,14-17H,7,11,13H2,1H3. The van der Waals surface area contributed by atoms with Gasteiger partial charge in [0.2, 0.25) is 5.16 Å². The molecule has 0 bridgehead atoms. The Morgan fingerprint density at radius 2 is 1.64 bits per heavy atom. The van der Waals surface area contributed by atoms with Crippen molar-refractivity contribution < 1.29 is 17.9 Å². The number of benzene rings is 3. The Hall–Kier alpha value is -4.22. The van der Waals surface area contributed by atoms with Crippen LogP contribution >= 0.6 is 23.1 Å². The summed E-state index contributed by atoms with van der Waals surface area (Å²) in [5.41, 5.74) is 3.38. The number of nitrogens with zero attached hydrogens (tertiary/aromatic N) is 5. The molecule has 3 aromatic heterocycles. The second-order valence-corrected chi connectivity index (χ2v) is 11.8. The van der Waals surface area contributed by atoms with Crippen LogP contribution in [0.1, 0.15) is 22.4 Å². The van der Waals surface area contributed by atoms with Crippen LogP contribution in [0, 0.1) is 0 Å².